The summed E-state index contributed by atoms with van der Waals surface area (Å²) in [6, 6.07) is 0. The van der Waals surface area contributed by atoms with E-state index in [4.69, 9.17) is 0 Å². The van der Waals surface area contributed by atoms with Crippen LogP contribution in [0.2, 0.25) is 0 Å². The number of aliphatic hydroxyl groups is 1. The van der Waals surface area contributed by atoms with Crippen LogP contribution in [0, 0.1) is 5.92 Å². The van der Waals surface area contributed by atoms with Gasteiger partial charge in [-0.05, 0) is 0 Å². The Balaban J connectivity index is 2.35. The van der Waals surface area contributed by atoms with Gasteiger partial charge < -0.3 is 0 Å². The van der Waals surface area contributed by atoms with E-state index in [9.17, 15) is 19.5 Å². The van der Waals surface area contributed by atoms with Gasteiger partial charge in [-0.25, -0.2) is 0 Å². The van der Waals surface area contributed by atoms with Crippen LogP contribution in [0.4, 0.5) is 0 Å². The van der Waals surface area contributed by atoms with Crippen molar-refractivity contribution in [1.29, 1.82) is 0 Å². The molecule has 2 bridgehead atoms. The molecule has 2 unspecified atom stereocenters. The molecule has 7 nitrogen and oxygen atoms in total. The normalized spacial score (nSPS) is 32.8. The molecule has 2 heterocycles. The van der Waals surface area contributed by atoms with Crippen LogP contribution in [0.1, 0.15) is 6.42 Å². The van der Waals surface area contributed by atoms with Crippen molar-refractivity contribution in [3.8, 4) is 0 Å². The van der Waals surface area contributed by atoms with Crippen molar-refractivity contribution < 1.29 is 27.6 Å². The van der Waals surface area contributed by atoms with Gasteiger partial charge in [-0.15, -0.1) is 0 Å². The molecular formula is C6H5O7Pb. The molecular weight excluding hydrogens is 391 g/mol. The van der Waals surface area contributed by atoms with Crippen molar-refractivity contribution in [1.82, 2.24) is 0 Å². The molecule has 2 fully saturated rings. The van der Waals surface area contributed by atoms with E-state index in [0.717, 1.165) is 0 Å². The van der Waals surface area contributed by atoms with E-state index in [2.05, 4.69) is 8.06 Å². The maximum absolute atomic E-state index is 11.2. The zero-order chi connectivity index (χ0) is 10.3. The van der Waals surface area contributed by atoms with E-state index in [1.54, 1.807) is 0 Å². The van der Waals surface area contributed by atoms with Gasteiger partial charge >= 0.3 is 88.0 Å². The molecule has 1 N–H and O–H groups in total. The van der Waals surface area contributed by atoms with Gasteiger partial charge in [0.05, 0.1) is 0 Å². The SMILES string of the molecule is O=C1CC2C(=O)[O][Pb]([O]1)[O]C(=O)C2O. The third kappa shape index (κ3) is 1.61. The van der Waals surface area contributed by atoms with Gasteiger partial charge in [0.15, 0.2) is 0 Å². The number of carbonyl (C=O) groups excluding carboxylic acids is 3. The topological polar surface area (TPSA) is 99.1 Å². The Morgan fingerprint density at radius 2 is 1.79 bits per heavy atom. The van der Waals surface area contributed by atoms with Crippen LogP contribution in [0.15, 0.2) is 0 Å². The molecule has 0 aliphatic carbocycles. The van der Waals surface area contributed by atoms with Gasteiger partial charge in [0.2, 0.25) is 0 Å². The predicted octanol–water partition coefficient (Wildman–Crippen LogP) is -2.00. The van der Waals surface area contributed by atoms with Crippen LogP contribution in [0.3, 0.4) is 0 Å². The molecule has 0 spiro atoms. The minimum absolute atomic E-state index is 0.330. The molecule has 0 aromatic carbocycles. The van der Waals surface area contributed by atoms with Crippen LogP contribution >= 0.6 is 0 Å². The Kier molecular flexibility index (Phi) is 2.43. The summed E-state index contributed by atoms with van der Waals surface area (Å²) in [7, 11) is 0. The molecule has 0 saturated carbocycles. The fourth-order valence-corrected chi connectivity index (χ4v) is 5.03. The second kappa shape index (κ2) is 3.46. The van der Waals surface area contributed by atoms with Crippen LogP contribution in [-0.2, 0) is 22.4 Å². The molecule has 75 valence electrons. The van der Waals surface area contributed by atoms with E-state index in [1.807, 2.05) is 0 Å². The number of fused-ring (bicyclic) bond motifs is 3. The summed E-state index contributed by atoms with van der Waals surface area (Å²) in [4.78, 5) is 33.2. The first kappa shape index (κ1) is 9.83. The number of hydrogen-bond donors (Lipinski definition) is 1. The van der Waals surface area contributed by atoms with Crippen molar-refractivity contribution in [3.63, 3.8) is 0 Å². The number of hydrogen-bond acceptors (Lipinski definition) is 7. The van der Waals surface area contributed by atoms with Crippen molar-refractivity contribution >= 4 is 42.0 Å². The zero-order valence-electron chi connectivity index (χ0n) is 6.76. The van der Waals surface area contributed by atoms with E-state index in [1.165, 1.54) is 0 Å². The predicted molar refractivity (Wildman–Crippen MR) is 38.1 cm³/mol. The summed E-state index contributed by atoms with van der Waals surface area (Å²) < 4.78 is 13.9. The molecule has 2 atom stereocenters. The van der Waals surface area contributed by atoms with Crippen molar-refractivity contribution in [3.05, 3.63) is 0 Å². The molecule has 2 aliphatic rings. The second-order valence-corrected chi connectivity index (χ2v) is 7.15. The number of rotatable bonds is 0. The van der Waals surface area contributed by atoms with Gasteiger partial charge in [0.1, 0.15) is 0 Å². The molecule has 0 amide bonds. The Labute approximate surface area is 88.0 Å². The molecule has 8 heteroatoms. The van der Waals surface area contributed by atoms with E-state index >= 15 is 0 Å². The van der Waals surface area contributed by atoms with Crippen molar-refractivity contribution in [2.24, 2.45) is 5.92 Å². The van der Waals surface area contributed by atoms with Gasteiger partial charge in [0, 0.05) is 0 Å². The second-order valence-electron chi connectivity index (χ2n) is 2.82. The zero-order valence-corrected chi connectivity index (χ0v) is 10.6. The van der Waals surface area contributed by atoms with Gasteiger partial charge in [0.25, 0.3) is 0 Å². The van der Waals surface area contributed by atoms with E-state index in [0.29, 0.717) is 0 Å². The summed E-state index contributed by atoms with van der Waals surface area (Å²) >= 11 is -3.79. The Bertz CT molecular complexity index is 311. The molecule has 0 aromatic rings. The number of carbonyl (C=O) groups is 3. The molecule has 0 aromatic heterocycles. The quantitative estimate of drug-likeness (QED) is 0.473. The van der Waals surface area contributed by atoms with Crippen LogP contribution in [0.5, 0.6) is 0 Å². The maximum atomic E-state index is 11.2. The Morgan fingerprint density at radius 3 is 2.50 bits per heavy atom. The van der Waals surface area contributed by atoms with Gasteiger partial charge in [-0.3, -0.25) is 0 Å². The summed E-state index contributed by atoms with van der Waals surface area (Å²) in [5.74, 6) is -3.55. The first-order valence-electron chi connectivity index (χ1n) is 3.77. The first-order chi connectivity index (χ1) is 6.58. The summed E-state index contributed by atoms with van der Waals surface area (Å²) in [6.07, 6.45) is -1.94. The average Bonchev–Trinajstić information content (AvgIpc) is 2.27. The van der Waals surface area contributed by atoms with Crippen molar-refractivity contribution in [2.75, 3.05) is 0 Å². The Hall–Kier alpha value is -0.708. The van der Waals surface area contributed by atoms with Crippen LogP contribution < -0.4 is 0 Å². The van der Waals surface area contributed by atoms with Crippen LogP contribution in [0.25, 0.3) is 0 Å². The van der Waals surface area contributed by atoms with E-state index < -0.39 is 54.0 Å². The first-order valence-corrected chi connectivity index (χ1v) is 8.53. The Morgan fingerprint density at radius 1 is 1.14 bits per heavy atom. The molecule has 2 aliphatic heterocycles. The molecule has 1 radical (unpaired) electrons. The van der Waals surface area contributed by atoms with Gasteiger partial charge in [-0.2, -0.15) is 0 Å². The average molecular weight is 396 g/mol. The summed E-state index contributed by atoms with van der Waals surface area (Å²) in [5, 5.41) is 9.31. The fraction of sp³-hybridized carbons (Fsp3) is 0.500. The monoisotopic (exact) mass is 397 g/mol. The third-order valence-electron chi connectivity index (χ3n) is 1.88. The van der Waals surface area contributed by atoms with Crippen LogP contribution in [-0.4, -0.2) is 53.2 Å². The fourth-order valence-electron chi connectivity index (χ4n) is 1.17. The van der Waals surface area contributed by atoms with Crippen molar-refractivity contribution in [2.45, 2.75) is 12.5 Å². The van der Waals surface area contributed by atoms with Gasteiger partial charge in [-0.1, -0.05) is 0 Å². The third-order valence-corrected chi connectivity index (χ3v) is 6.27. The molecule has 14 heavy (non-hydrogen) atoms. The molecule has 2 saturated heterocycles. The molecule has 2 rings (SSSR count). The number of aliphatic hydroxyl groups excluding tert-OH is 1. The minimum atomic E-state index is -3.79. The summed E-state index contributed by atoms with van der Waals surface area (Å²) in [6.45, 7) is 0. The standard InChI is InChI=1S/C6H8O7.Pb/c7-3(8)1-2(5(10)11)4(9)6(12)13;/h2,4,9H,1H2,(H,7,8)(H,10,11)(H,12,13);/q;+3/p-3. The van der Waals surface area contributed by atoms with E-state index in [-0.39, 0.29) is 6.42 Å². The summed E-state index contributed by atoms with van der Waals surface area (Å²) in [5.41, 5.74) is 0.